The number of carbonyl (C=O) groups is 2. The Morgan fingerprint density at radius 2 is 1.94 bits per heavy atom. The summed E-state index contributed by atoms with van der Waals surface area (Å²) < 4.78 is 5.78. The Kier molecular flexibility index (Phi) is 5.50. The quantitative estimate of drug-likeness (QED) is 0.757. The number of amides is 2. The third kappa shape index (κ3) is 4.10. The van der Waals surface area contributed by atoms with Crippen LogP contribution in [-0.2, 0) is 29.0 Å². The fourth-order valence-corrected chi connectivity index (χ4v) is 5.35. The molecule has 0 radical (unpaired) electrons. The lowest BCUT2D eigenvalue weighted by Gasteiger charge is -2.33. The first-order valence-electron chi connectivity index (χ1n) is 11.5. The molecule has 0 aromatic carbocycles. The molecule has 2 amide bonds. The Morgan fingerprint density at radius 1 is 1.16 bits per heavy atom. The maximum Gasteiger partial charge on any atom is 0.227 e. The van der Waals surface area contributed by atoms with Gasteiger partial charge in [0.2, 0.25) is 11.8 Å². The van der Waals surface area contributed by atoms with Gasteiger partial charge in [0.25, 0.3) is 0 Å². The zero-order chi connectivity index (χ0) is 21.4. The van der Waals surface area contributed by atoms with Crippen molar-refractivity contribution >= 4 is 11.8 Å². The second-order valence-corrected chi connectivity index (χ2v) is 9.45. The molecule has 5 rings (SSSR count). The average Bonchev–Trinajstić information content (AvgIpc) is 3.37. The van der Waals surface area contributed by atoms with Crippen LogP contribution in [0.15, 0.2) is 29.0 Å². The van der Waals surface area contributed by atoms with Crippen LogP contribution in [0.1, 0.15) is 61.1 Å². The highest BCUT2D eigenvalue weighted by Gasteiger charge is 2.38. The summed E-state index contributed by atoms with van der Waals surface area (Å²) in [6.07, 6.45) is 8.85. The van der Waals surface area contributed by atoms with Gasteiger partial charge in [-0.2, -0.15) is 0 Å². The Morgan fingerprint density at radius 3 is 2.71 bits per heavy atom. The van der Waals surface area contributed by atoms with Crippen LogP contribution in [-0.4, -0.2) is 51.4 Å². The molecule has 2 saturated heterocycles. The van der Waals surface area contributed by atoms with Gasteiger partial charge in [0.05, 0.1) is 11.6 Å². The number of likely N-dealkylation sites (tertiary alicyclic amines) is 2. The molecule has 0 N–H and O–H groups in total. The number of rotatable bonds is 4. The first-order chi connectivity index (χ1) is 15.1. The average molecular weight is 423 g/mol. The lowest BCUT2D eigenvalue weighted by Crippen LogP contribution is -2.42. The molecule has 0 bridgehead atoms. The fraction of sp³-hybridized carbons (Fsp3) is 0.583. The van der Waals surface area contributed by atoms with Crippen molar-refractivity contribution in [3.63, 3.8) is 0 Å². The van der Waals surface area contributed by atoms with Crippen LogP contribution < -0.4 is 0 Å². The third-order valence-electron chi connectivity index (χ3n) is 7.19. The second-order valence-electron chi connectivity index (χ2n) is 9.45. The van der Waals surface area contributed by atoms with E-state index in [4.69, 9.17) is 4.52 Å². The normalized spacial score (nSPS) is 24.5. The maximum atomic E-state index is 13.1. The number of piperidine rings is 1. The van der Waals surface area contributed by atoms with Crippen LogP contribution >= 0.6 is 0 Å². The van der Waals surface area contributed by atoms with Gasteiger partial charge in [-0.15, -0.1) is 0 Å². The van der Waals surface area contributed by atoms with E-state index in [1.165, 1.54) is 12.0 Å². The highest BCUT2D eigenvalue weighted by Crippen LogP contribution is 2.36. The Labute approximate surface area is 182 Å². The molecule has 0 unspecified atom stereocenters. The topological polar surface area (TPSA) is 79.5 Å². The zero-order valence-electron chi connectivity index (χ0n) is 18.1. The minimum absolute atomic E-state index is 0.0625. The SMILES string of the molecule is C[C@H]1CCc2noc(C3CCN(C(=O)[C@H]4CC(=O)N(Cc5ccncc5)C4)CC3)c2C1. The molecule has 2 aromatic heterocycles. The summed E-state index contributed by atoms with van der Waals surface area (Å²) in [4.78, 5) is 33.4. The molecule has 0 spiro atoms. The summed E-state index contributed by atoms with van der Waals surface area (Å²) in [6.45, 7) is 4.80. The number of aromatic nitrogens is 2. The number of aryl methyl sites for hydroxylation is 1. The summed E-state index contributed by atoms with van der Waals surface area (Å²) in [5, 5.41) is 4.33. The molecule has 1 aliphatic carbocycles. The van der Waals surface area contributed by atoms with E-state index >= 15 is 0 Å². The van der Waals surface area contributed by atoms with Crippen molar-refractivity contribution in [2.45, 2.75) is 57.9 Å². The van der Waals surface area contributed by atoms with E-state index in [0.717, 1.165) is 55.8 Å². The van der Waals surface area contributed by atoms with Crippen molar-refractivity contribution in [2.75, 3.05) is 19.6 Å². The molecule has 2 fully saturated rings. The molecule has 2 atom stereocenters. The summed E-state index contributed by atoms with van der Waals surface area (Å²) in [7, 11) is 0. The van der Waals surface area contributed by atoms with E-state index in [2.05, 4.69) is 17.1 Å². The number of pyridine rings is 1. The molecule has 4 heterocycles. The van der Waals surface area contributed by atoms with Crippen LogP contribution in [0.4, 0.5) is 0 Å². The van der Waals surface area contributed by atoms with Gasteiger partial charge in [0.15, 0.2) is 0 Å². The molecule has 164 valence electrons. The fourth-order valence-electron chi connectivity index (χ4n) is 5.35. The zero-order valence-corrected chi connectivity index (χ0v) is 18.1. The van der Waals surface area contributed by atoms with Crippen molar-refractivity contribution < 1.29 is 14.1 Å². The first-order valence-corrected chi connectivity index (χ1v) is 11.5. The summed E-state index contributed by atoms with van der Waals surface area (Å²) in [5.74, 6) is 2.05. The molecular weight excluding hydrogens is 392 g/mol. The van der Waals surface area contributed by atoms with Gasteiger partial charge in [-0.1, -0.05) is 12.1 Å². The number of nitrogens with zero attached hydrogens (tertiary/aromatic N) is 4. The lowest BCUT2D eigenvalue weighted by atomic mass is 9.83. The number of carbonyl (C=O) groups excluding carboxylic acids is 2. The van der Waals surface area contributed by atoms with Crippen molar-refractivity contribution in [3.8, 4) is 0 Å². The summed E-state index contributed by atoms with van der Waals surface area (Å²) >= 11 is 0. The van der Waals surface area contributed by atoms with E-state index in [-0.39, 0.29) is 17.7 Å². The lowest BCUT2D eigenvalue weighted by molar-refractivity contribution is -0.136. The van der Waals surface area contributed by atoms with Crippen molar-refractivity contribution in [3.05, 3.63) is 47.1 Å². The molecule has 3 aliphatic rings. The summed E-state index contributed by atoms with van der Waals surface area (Å²) in [5.41, 5.74) is 3.52. The van der Waals surface area contributed by atoms with Crippen molar-refractivity contribution in [1.29, 1.82) is 0 Å². The Bertz CT molecular complexity index is 949. The second kappa shape index (κ2) is 8.44. The van der Waals surface area contributed by atoms with E-state index in [9.17, 15) is 9.59 Å². The number of hydrogen-bond acceptors (Lipinski definition) is 5. The van der Waals surface area contributed by atoms with Crippen LogP contribution in [0.2, 0.25) is 0 Å². The van der Waals surface area contributed by atoms with Gasteiger partial charge < -0.3 is 14.3 Å². The van der Waals surface area contributed by atoms with Gasteiger partial charge in [-0.3, -0.25) is 14.6 Å². The van der Waals surface area contributed by atoms with E-state index in [1.807, 2.05) is 17.0 Å². The maximum absolute atomic E-state index is 13.1. The third-order valence-corrected chi connectivity index (χ3v) is 7.19. The minimum atomic E-state index is -0.232. The van der Waals surface area contributed by atoms with Gasteiger partial charge in [-0.05, 0) is 55.7 Å². The van der Waals surface area contributed by atoms with E-state index < -0.39 is 0 Å². The standard InChI is InChI=1S/C24H30N4O3/c1-16-2-3-21-20(12-16)23(31-26-21)18-6-10-27(11-7-18)24(30)19-13-22(29)28(15-19)14-17-4-8-25-9-5-17/h4-5,8-9,16,18-19H,2-3,6-7,10-15H2,1H3/t16-,19-/m0/s1. The van der Waals surface area contributed by atoms with Crippen LogP contribution in [0.3, 0.4) is 0 Å². The largest absolute Gasteiger partial charge is 0.361 e. The van der Waals surface area contributed by atoms with Gasteiger partial charge in [0.1, 0.15) is 5.76 Å². The van der Waals surface area contributed by atoms with Gasteiger partial charge >= 0.3 is 0 Å². The van der Waals surface area contributed by atoms with E-state index in [1.54, 1.807) is 17.3 Å². The Hall–Kier alpha value is -2.70. The minimum Gasteiger partial charge on any atom is -0.361 e. The predicted molar refractivity (Wildman–Crippen MR) is 114 cm³/mol. The molecule has 7 heteroatoms. The molecular formula is C24H30N4O3. The van der Waals surface area contributed by atoms with Gasteiger partial charge in [-0.25, -0.2) is 0 Å². The van der Waals surface area contributed by atoms with Crippen LogP contribution in [0, 0.1) is 11.8 Å². The van der Waals surface area contributed by atoms with E-state index in [0.29, 0.717) is 31.3 Å². The highest BCUT2D eigenvalue weighted by atomic mass is 16.5. The monoisotopic (exact) mass is 422 g/mol. The molecule has 2 aliphatic heterocycles. The van der Waals surface area contributed by atoms with Crippen LogP contribution in [0.5, 0.6) is 0 Å². The molecule has 31 heavy (non-hydrogen) atoms. The van der Waals surface area contributed by atoms with Crippen molar-refractivity contribution in [2.24, 2.45) is 11.8 Å². The smallest absolute Gasteiger partial charge is 0.227 e. The highest BCUT2D eigenvalue weighted by molar-refractivity contribution is 5.89. The van der Waals surface area contributed by atoms with Gasteiger partial charge in [0, 0.05) is 56.5 Å². The van der Waals surface area contributed by atoms with Crippen molar-refractivity contribution in [1.82, 2.24) is 19.9 Å². The van der Waals surface area contributed by atoms with Crippen LogP contribution in [0.25, 0.3) is 0 Å². The molecule has 2 aromatic rings. The molecule has 0 saturated carbocycles. The first kappa shape index (κ1) is 20.2. The number of hydrogen-bond donors (Lipinski definition) is 0. The number of fused-ring (bicyclic) bond motifs is 1. The summed E-state index contributed by atoms with van der Waals surface area (Å²) in [6, 6.07) is 3.83. The Balaban J connectivity index is 1.17. The molecule has 7 nitrogen and oxygen atoms in total. The predicted octanol–water partition coefficient (Wildman–Crippen LogP) is 2.95.